The first-order chi connectivity index (χ1) is 12.8. The zero-order chi connectivity index (χ0) is 20.0. The molecular weight excluding hydrogens is 336 g/mol. The quantitative estimate of drug-likeness (QED) is 0.764. The van der Waals surface area contributed by atoms with E-state index in [1.807, 2.05) is 32.2 Å². The Morgan fingerprint density at radius 1 is 1.11 bits per heavy atom. The smallest absolute Gasteiger partial charge is 0.237 e. The van der Waals surface area contributed by atoms with Crippen LogP contribution >= 0.6 is 0 Å². The number of aryl methyl sites for hydroxylation is 2. The van der Waals surface area contributed by atoms with Crippen LogP contribution in [0, 0.1) is 13.8 Å². The molecule has 2 aromatic carbocycles. The summed E-state index contributed by atoms with van der Waals surface area (Å²) in [6.45, 7) is 9.54. The van der Waals surface area contributed by atoms with Crippen LogP contribution in [0.25, 0.3) is 0 Å². The molecule has 4 heteroatoms. The number of rotatable bonds is 8. The highest BCUT2D eigenvalue weighted by Gasteiger charge is 2.19. The number of methoxy groups -OCH3 is 1. The number of carbonyl (C=O) groups excluding carboxylic acids is 1. The Hall–Kier alpha value is -2.33. The van der Waals surface area contributed by atoms with Crippen LogP contribution in [0.1, 0.15) is 42.0 Å². The Kier molecular flexibility index (Phi) is 7.43. The molecule has 2 aromatic rings. The summed E-state index contributed by atoms with van der Waals surface area (Å²) in [4.78, 5) is 14.6. The highest BCUT2D eigenvalue weighted by Crippen LogP contribution is 2.25. The van der Waals surface area contributed by atoms with Gasteiger partial charge in [-0.15, -0.1) is 0 Å². The van der Waals surface area contributed by atoms with E-state index in [4.69, 9.17) is 4.74 Å². The van der Waals surface area contributed by atoms with Crippen LogP contribution in [0.15, 0.2) is 42.5 Å². The fourth-order valence-corrected chi connectivity index (χ4v) is 3.38. The van der Waals surface area contributed by atoms with E-state index in [2.05, 4.69) is 55.3 Å². The van der Waals surface area contributed by atoms with E-state index >= 15 is 0 Å². The molecular formula is C23H32N2O2. The minimum Gasteiger partial charge on any atom is -0.496 e. The van der Waals surface area contributed by atoms with Gasteiger partial charge in [-0.2, -0.15) is 0 Å². The second-order valence-electron chi connectivity index (χ2n) is 7.41. The van der Waals surface area contributed by atoms with Gasteiger partial charge in [0, 0.05) is 13.1 Å². The Morgan fingerprint density at radius 3 is 2.26 bits per heavy atom. The average Bonchev–Trinajstić information content (AvgIpc) is 2.65. The molecule has 0 aliphatic heterocycles. The molecule has 2 atom stereocenters. The second-order valence-corrected chi connectivity index (χ2v) is 7.41. The van der Waals surface area contributed by atoms with Crippen molar-refractivity contribution in [2.75, 3.05) is 20.7 Å². The summed E-state index contributed by atoms with van der Waals surface area (Å²) >= 11 is 0. The topological polar surface area (TPSA) is 41.6 Å². The molecule has 0 aromatic heterocycles. The summed E-state index contributed by atoms with van der Waals surface area (Å²) in [5.74, 6) is 1.28. The summed E-state index contributed by atoms with van der Waals surface area (Å²) in [6, 6.07) is 14.3. The number of amides is 1. The third kappa shape index (κ3) is 5.57. The average molecular weight is 369 g/mol. The Morgan fingerprint density at radius 2 is 1.70 bits per heavy atom. The highest BCUT2D eigenvalue weighted by molar-refractivity contribution is 5.81. The molecule has 2 unspecified atom stereocenters. The summed E-state index contributed by atoms with van der Waals surface area (Å²) in [5, 5.41) is 3.09. The minimum absolute atomic E-state index is 0.0576. The van der Waals surface area contributed by atoms with Crippen molar-refractivity contribution < 1.29 is 9.53 Å². The van der Waals surface area contributed by atoms with Gasteiger partial charge in [-0.25, -0.2) is 0 Å². The highest BCUT2D eigenvalue weighted by atomic mass is 16.5. The van der Waals surface area contributed by atoms with E-state index < -0.39 is 0 Å². The van der Waals surface area contributed by atoms with Crippen molar-refractivity contribution in [3.8, 4) is 5.75 Å². The lowest BCUT2D eigenvalue weighted by atomic mass is 10.0. The van der Waals surface area contributed by atoms with Gasteiger partial charge >= 0.3 is 0 Å². The van der Waals surface area contributed by atoms with Crippen LogP contribution in [0.3, 0.4) is 0 Å². The third-order valence-corrected chi connectivity index (χ3v) is 5.15. The lowest BCUT2D eigenvalue weighted by Gasteiger charge is -2.25. The van der Waals surface area contributed by atoms with Crippen molar-refractivity contribution in [2.45, 2.75) is 46.2 Å². The number of ether oxygens (including phenoxy) is 1. The number of hydrogen-bond donors (Lipinski definition) is 1. The maximum Gasteiger partial charge on any atom is 0.237 e. The van der Waals surface area contributed by atoms with Gasteiger partial charge in [-0.05, 0) is 56.0 Å². The molecule has 4 nitrogen and oxygen atoms in total. The Balaban J connectivity index is 1.92. The van der Waals surface area contributed by atoms with Crippen molar-refractivity contribution in [3.63, 3.8) is 0 Å². The summed E-state index contributed by atoms with van der Waals surface area (Å²) in [6.07, 6.45) is 0. The molecule has 0 aliphatic rings. The van der Waals surface area contributed by atoms with E-state index in [-0.39, 0.29) is 11.9 Å². The summed E-state index contributed by atoms with van der Waals surface area (Å²) in [5.41, 5.74) is 4.66. The molecule has 0 aliphatic carbocycles. The predicted octanol–water partition coefficient (Wildman–Crippen LogP) is 4.05. The van der Waals surface area contributed by atoms with E-state index in [0.29, 0.717) is 19.0 Å². The van der Waals surface area contributed by atoms with E-state index in [1.54, 1.807) is 7.11 Å². The van der Waals surface area contributed by atoms with Gasteiger partial charge in [0.1, 0.15) is 5.75 Å². The second kappa shape index (κ2) is 9.56. The number of nitrogens with zero attached hydrogens (tertiary/aromatic N) is 1. The molecule has 0 fully saturated rings. The first-order valence-electron chi connectivity index (χ1n) is 9.50. The van der Waals surface area contributed by atoms with E-state index in [9.17, 15) is 4.79 Å². The van der Waals surface area contributed by atoms with Gasteiger partial charge in [0.05, 0.1) is 13.2 Å². The van der Waals surface area contributed by atoms with Gasteiger partial charge in [0.2, 0.25) is 5.91 Å². The van der Waals surface area contributed by atoms with Crippen molar-refractivity contribution in [3.05, 3.63) is 64.7 Å². The molecule has 0 saturated heterocycles. The molecule has 0 spiro atoms. The maximum absolute atomic E-state index is 12.6. The fraction of sp³-hybridized carbons (Fsp3) is 0.435. The van der Waals surface area contributed by atoms with Crippen LogP contribution in [0.2, 0.25) is 0 Å². The van der Waals surface area contributed by atoms with E-state index in [0.717, 1.165) is 16.9 Å². The molecule has 1 N–H and O–H groups in total. The van der Waals surface area contributed by atoms with Crippen LogP contribution in [0.4, 0.5) is 0 Å². The number of benzene rings is 2. The van der Waals surface area contributed by atoms with Crippen LogP contribution in [-0.4, -0.2) is 37.6 Å². The first kappa shape index (κ1) is 21.0. The van der Waals surface area contributed by atoms with Gasteiger partial charge in [-0.1, -0.05) is 49.4 Å². The third-order valence-electron chi connectivity index (χ3n) is 5.15. The van der Waals surface area contributed by atoms with Crippen molar-refractivity contribution >= 4 is 5.91 Å². The lowest BCUT2D eigenvalue weighted by molar-refractivity contribution is -0.125. The Labute approximate surface area is 163 Å². The molecule has 1 amide bonds. The lowest BCUT2D eigenvalue weighted by Crippen LogP contribution is -2.43. The summed E-state index contributed by atoms with van der Waals surface area (Å²) < 4.78 is 5.43. The molecule has 27 heavy (non-hydrogen) atoms. The van der Waals surface area contributed by atoms with Gasteiger partial charge in [0.15, 0.2) is 0 Å². The number of nitrogens with one attached hydrogen (secondary N) is 1. The van der Waals surface area contributed by atoms with Crippen molar-refractivity contribution in [1.82, 2.24) is 10.2 Å². The normalized spacial score (nSPS) is 13.3. The first-order valence-corrected chi connectivity index (χ1v) is 9.50. The molecule has 0 radical (unpaired) electrons. The monoisotopic (exact) mass is 368 g/mol. The zero-order valence-corrected chi connectivity index (χ0v) is 17.4. The van der Waals surface area contributed by atoms with Crippen molar-refractivity contribution in [2.24, 2.45) is 0 Å². The number of likely N-dealkylation sites (N-methyl/N-ethyl adjacent to an activating group) is 1. The molecule has 2 rings (SSSR count). The minimum atomic E-state index is -0.198. The zero-order valence-electron chi connectivity index (χ0n) is 17.4. The van der Waals surface area contributed by atoms with Gasteiger partial charge < -0.3 is 10.1 Å². The molecule has 0 bridgehead atoms. The fourth-order valence-electron chi connectivity index (χ4n) is 3.38. The summed E-state index contributed by atoms with van der Waals surface area (Å²) in [7, 11) is 3.68. The predicted molar refractivity (Wildman–Crippen MR) is 111 cm³/mol. The van der Waals surface area contributed by atoms with Gasteiger partial charge in [0.25, 0.3) is 0 Å². The van der Waals surface area contributed by atoms with Crippen molar-refractivity contribution in [1.29, 1.82) is 0 Å². The van der Waals surface area contributed by atoms with Crippen LogP contribution < -0.4 is 10.1 Å². The molecule has 0 saturated carbocycles. The number of hydrogen-bond acceptors (Lipinski definition) is 3. The van der Waals surface area contributed by atoms with Crippen LogP contribution in [-0.2, 0) is 11.3 Å². The largest absolute Gasteiger partial charge is 0.496 e. The molecule has 146 valence electrons. The SMILES string of the molecule is COc1c(C)cc(CN(C)C(C)C(=O)NCC(C)c2ccccc2)cc1C. The Bertz CT molecular complexity index is 735. The number of carbonyl (C=O) groups is 1. The molecule has 0 heterocycles. The van der Waals surface area contributed by atoms with Gasteiger partial charge in [-0.3, -0.25) is 9.69 Å². The maximum atomic E-state index is 12.6. The standard InChI is InChI=1S/C23H32N2O2/c1-16-12-20(13-17(2)22(16)27-6)15-25(5)19(4)23(26)24-14-18(3)21-10-8-7-9-11-21/h7-13,18-19H,14-15H2,1-6H3,(H,24,26). The van der Waals surface area contributed by atoms with Crippen LogP contribution in [0.5, 0.6) is 5.75 Å². The van der Waals surface area contributed by atoms with E-state index in [1.165, 1.54) is 11.1 Å².